The van der Waals surface area contributed by atoms with E-state index < -0.39 is 6.10 Å². The zero-order chi connectivity index (χ0) is 18.5. The van der Waals surface area contributed by atoms with E-state index in [1.54, 1.807) is 12.1 Å². The van der Waals surface area contributed by atoms with E-state index in [1.165, 1.54) is 11.3 Å². The molecule has 2 aromatic rings. The smallest absolute Gasteiger partial charge is 0.138 e. The molecule has 0 bridgehead atoms. The Hall–Kier alpha value is -0.880. The molecule has 8 heteroatoms. The Morgan fingerprint density at radius 2 is 1.71 bits per heavy atom. The number of aryl methyl sites for hydroxylation is 1. The minimum Gasteiger partial charge on any atom is -0.489 e. The molecule has 1 atom stereocenters. The third-order valence-corrected chi connectivity index (χ3v) is 5.17. The summed E-state index contributed by atoms with van der Waals surface area (Å²) in [6, 6.07) is 13.3. The maximum absolute atomic E-state index is 10.3. The standard InChI is InChI=1S/C20H24Cl2N2O2.2ClH/c1-15-6-7-16(21)12-19(15)24-10-8-23(9-11-24)13-17(25)14-26-20-5-3-2-4-18(20)22;;/h2-7,12,17,25H,8-11,13-14H2,1H3;2*1H. The van der Waals surface area contributed by atoms with Crippen LogP contribution in [-0.4, -0.2) is 55.4 Å². The van der Waals surface area contributed by atoms with E-state index in [0.29, 0.717) is 17.3 Å². The Bertz CT molecular complexity index is 740. The van der Waals surface area contributed by atoms with E-state index in [2.05, 4.69) is 22.8 Å². The van der Waals surface area contributed by atoms with Gasteiger partial charge in [0.1, 0.15) is 18.5 Å². The first-order valence-corrected chi connectivity index (χ1v) is 9.57. The average Bonchev–Trinajstić information content (AvgIpc) is 2.64. The first-order valence-electron chi connectivity index (χ1n) is 8.82. The fraction of sp³-hybridized carbons (Fsp3) is 0.400. The van der Waals surface area contributed by atoms with Crippen LogP contribution in [0.15, 0.2) is 42.5 Å². The summed E-state index contributed by atoms with van der Waals surface area (Å²) in [5.74, 6) is 0.606. The van der Waals surface area contributed by atoms with Gasteiger partial charge >= 0.3 is 0 Å². The lowest BCUT2D eigenvalue weighted by Crippen LogP contribution is -2.49. The molecule has 156 valence electrons. The molecule has 1 fully saturated rings. The highest BCUT2D eigenvalue weighted by Crippen LogP contribution is 2.26. The summed E-state index contributed by atoms with van der Waals surface area (Å²) in [7, 11) is 0. The van der Waals surface area contributed by atoms with Crippen LogP contribution in [-0.2, 0) is 0 Å². The van der Waals surface area contributed by atoms with Crippen molar-refractivity contribution < 1.29 is 9.84 Å². The largest absolute Gasteiger partial charge is 0.489 e. The number of hydrogen-bond acceptors (Lipinski definition) is 4. The number of rotatable bonds is 6. The van der Waals surface area contributed by atoms with Gasteiger partial charge in [-0.15, -0.1) is 24.8 Å². The van der Waals surface area contributed by atoms with Crippen LogP contribution in [0.25, 0.3) is 0 Å². The highest BCUT2D eigenvalue weighted by Gasteiger charge is 2.21. The fourth-order valence-corrected chi connectivity index (χ4v) is 3.55. The summed E-state index contributed by atoms with van der Waals surface area (Å²) in [5.41, 5.74) is 2.43. The quantitative estimate of drug-likeness (QED) is 0.667. The van der Waals surface area contributed by atoms with Crippen LogP contribution in [0.4, 0.5) is 5.69 Å². The van der Waals surface area contributed by atoms with Crippen LogP contribution in [0.5, 0.6) is 5.75 Å². The topological polar surface area (TPSA) is 35.9 Å². The number of hydrogen-bond donors (Lipinski definition) is 1. The van der Waals surface area contributed by atoms with E-state index in [9.17, 15) is 5.11 Å². The van der Waals surface area contributed by atoms with Crippen molar-refractivity contribution in [2.45, 2.75) is 13.0 Å². The normalized spacial score (nSPS) is 15.4. The van der Waals surface area contributed by atoms with Crippen molar-refractivity contribution in [3.05, 3.63) is 58.1 Å². The summed E-state index contributed by atoms with van der Waals surface area (Å²) in [6.45, 7) is 6.56. The molecule has 0 saturated carbocycles. The number of aliphatic hydroxyl groups is 1. The molecule has 0 amide bonds. The van der Waals surface area contributed by atoms with Crippen molar-refractivity contribution in [3.63, 3.8) is 0 Å². The molecule has 1 heterocycles. The minimum absolute atomic E-state index is 0. The van der Waals surface area contributed by atoms with Gasteiger partial charge < -0.3 is 14.7 Å². The van der Waals surface area contributed by atoms with Gasteiger partial charge in [0, 0.05) is 43.4 Å². The summed E-state index contributed by atoms with van der Waals surface area (Å²) < 4.78 is 5.63. The van der Waals surface area contributed by atoms with E-state index in [-0.39, 0.29) is 31.4 Å². The fourth-order valence-electron chi connectivity index (χ4n) is 3.19. The monoisotopic (exact) mass is 466 g/mol. The van der Waals surface area contributed by atoms with Gasteiger partial charge in [0.15, 0.2) is 0 Å². The summed E-state index contributed by atoms with van der Waals surface area (Å²) >= 11 is 12.2. The first kappa shape index (κ1) is 25.2. The molecule has 0 aromatic heterocycles. The summed E-state index contributed by atoms with van der Waals surface area (Å²) in [5, 5.41) is 11.6. The van der Waals surface area contributed by atoms with Gasteiger partial charge in [-0.3, -0.25) is 4.90 Å². The SMILES string of the molecule is Cc1ccc(Cl)cc1N1CCN(CC(O)COc2ccccc2Cl)CC1.Cl.Cl. The first-order chi connectivity index (χ1) is 12.5. The molecule has 0 spiro atoms. The van der Waals surface area contributed by atoms with Gasteiger partial charge in [-0.25, -0.2) is 0 Å². The third-order valence-electron chi connectivity index (χ3n) is 4.62. The molecule has 0 aliphatic carbocycles. The van der Waals surface area contributed by atoms with Crippen LogP contribution in [0.2, 0.25) is 10.0 Å². The Kier molecular flexibility index (Phi) is 10.7. The number of para-hydroxylation sites is 1. The maximum Gasteiger partial charge on any atom is 0.138 e. The van der Waals surface area contributed by atoms with E-state index in [0.717, 1.165) is 31.2 Å². The molecule has 0 radical (unpaired) electrons. The molecule has 3 rings (SSSR count). The molecule has 1 aliphatic heterocycles. The van der Waals surface area contributed by atoms with Crippen LogP contribution in [0.1, 0.15) is 5.56 Å². The molecule has 1 unspecified atom stereocenters. The molecule has 2 aromatic carbocycles. The Labute approximate surface area is 189 Å². The van der Waals surface area contributed by atoms with Crippen molar-refractivity contribution >= 4 is 53.7 Å². The lowest BCUT2D eigenvalue weighted by Gasteiger charge is -2.37. The number of β-amino-alcohol motifs (C(OH)–C–C–N with tert-alkyl or cyclic N) is 1. The van der Waals surface area contributed by atoms with Gasteiger partial charge in [0.2, 0.25) is 0 Å². The number of aliphatic hydroxyl groups excluding tert-OH is 1. The number of halogens is 4. The minimum atomic E-state index is -0.550. The summed E-state index contributed by atoms with van der Waals surface area (Å²) in [6.07, 6.45) is -0.550. The second-order valence-electron chi connectivity index (χ2n) is 6.61. The second kappa shape index (κ2) is 12.0. The Morgan fingerprint density at radius 1 is 1.04 bits per heavy atom. The van der Waals surface area contributed by atoms with Gasteiger partial charge in [0.05, 0.1) is 5.02 Å². The van der Waals surface area contributed by atoms with Crippen molar-refractivity contribution in [3.8, 4) is 5.75 Å². The highest BCUT2D eigenvalue weighted by molar-refractivity contribution is 6.32. The number of ether oxygens (including phenoxy) is 1. The predicted octanol–water partition coefficient (Wildman–Crippen LogP) is 4.71. The highest BCUT2D eigenvalue weighted by atomic mass is 35.5. The van der Waals surface area contributed by atoms with Crippen LogP contribution >= 0.6 is 48.0 Å². The van der Waals surface area contributed by atoms with Crippen molar-refractivity contribution in [1.29, 1.82) is 0 Å². The second-order valence-corrected chi connectivity index (χ2v) is 7.46. The Morgan fingerprint density at radius 3 is 2.39 bits per heavy atom. The Balaban J connectivity index is 0.00000196. The molecule has 4 nitrogen and oxygen atoms in total. The third kappa shape index (κ3) is 6.87. The van der Waals surface area contributed by atoms with Crippen molar-refractivity contribution in [1.82, 2.24) is 4.90 Å². The molecular weight excluding hydrogens is 442 g/mol. The molecule has 1 N–H and O–H groups in total. The number of nitrogens with zero attached hydrogens (tertiary/aromatic N) is 2. The zero-order valence-corrected chi connectivity index (χ0v) is 18.8. The summed E-state index contributed by atoms with van der Waals surface area (Å²) in [4.78, 5) is 4.61. The van der Waals surface area contributed by atoms with E-state index in [1.807, 2.05) is 24.3 Å². The van der Waals surface area contributed by atoms with E-state index in [4.69, 9.17) is 27.9 Å². The van der Waals surface area contributed by atoms with Crippen molar-refractivity contribution in [2.75, 3.05) is 44.2 Å². The maximum atomic E-state index is 10.3. The van der Waals surface area contributed by atoms with Gasteiger partial charge in [-0.2, -0.15) is 0 Å². The van der Waals surface area contributed by atoms with Gasteiger partial charge in [-0.1, -0.05) is 41.4 Å². The number of benzene rings is 2. The van der Waals surface area contributed by atoms with Gasteiger partial charge in [0.25, 0.3) is 0 Å². The molecule has 1 aliphatic rings. The average molecular weight is 468 g/mol. The number of piperazine rings is 1. The van der Waals surface area contributed by atoms with E-state index >= 15 is 0 Å². The zero-order valence-electron chi connectivity index (χ0n) is 15.7. The molecule has 1 saturated heterocycles. The predicted molar refractivity (Wildman–Crippen MR) is 122 cm³/mol. The van der Waals surface area contributed by atoms with Crippen LogP contribution < -0.4 is 9.64 Å². The molecule has 28 heavy (non-hydrogen) atoms. The van der Waals surface area contributed by atoms with Crippen LogP contribution in [0, 0.1) is 6.92 Å². The van der Waals surface area contributed by atoms with Gasteiger partial charge in [-0.05, 0) is 36.8 Å². The lowest BCUT2D eigenvalue weighted by molar-refractivity contribution is 0.0663. The lowest BCUT2D eigenvalue weighted by atomic mass is 10.1. The van der Waals surface area contributed by atoms with Crippen LogP contribution in [0.3, 0.4) is 0 Å². The van der Waals surface area contributed by atoms with Crippen molar-refractivity contribution in [2.24, 2.45) is 0 Å². The molecular formula is C20H26Cl4N2O2. The number of anilines is 1.